The summed E-state index contributed by atoms with van der Waals surface area (Å²) in [5.74, 6) is -0.783. The molecule has 1 fully saturated rings. The van der Waals surface area contributed by atoms with E-state index in [4.69, 9.17) is 0 Å². The number of amides is 1. The molecule has 0 radical (unpaired) electrons. The monoisotopic (exact) mass is 380 g/mol. The van der Waals surface area contributed by atoms with Crippen LogP contribution in [0.4, 0.5) is 0 Å². The zero-order valence-electron chi connectivity index (χ0n) is 14.0. The Bertz CT molecular complexity index is 527. The summed E-state index contributed by atoms with van der Waals surface area (Å²) >= 11 is 0. The number of aromatic nitrogens is 2. The highest BCUT2D eigenvalue weighted by Crippen LogP contribution is 2.33. The van der Waals surface area contributed by atoms with E-state index in [1.807, 2.05) is 0 Å². The summed E-state index contributed by atoms with van der Waals surface area (Å²) in [6.07, 6.45) is 4.76. The summed E-state index contributed by atoms with van der Waals surface area (Å²) in [5.41, 5.74) is 0.833. The third-order valence-electron chi connectivity index (χ3n) is 4.53. The number of carbonyl (C=O) groups is 2. The van der Waals surface area contributed by atoms with Crippen LogP contribution in [0.2, 0.25) is 0 Å². The Morgan fingerprint density at radius 3 is 2.58 bits per heavy atom. The lowest BCUT2D eigenvalue weighted by Gasteiger charge is -2.33. The van der Waals surface area contributed by atoms with Gasteiger partial charge >= 0.3 is 5.97 Å². The Hall–Kier alpha value is -1.31. The summed E-state index contributed by atoms with van der Waals surface area (Å²) in [6.45, 7) is 5.62. The lowest BCUT2D eigenvalue weighted by Crippen LogP contribution is -2.53. The second kappa shape index (κ2) is 9.86. The molecular weight excluding hydrogens is 355 g/mol. The van der Waals surface area contributed by atoms with Gasteiger partial charge in [-0.15, -0.1) is 24.8 Å². The zero-order valence-corrected chi connectivity index (χ0v) is 15.6. The van der Waals surface area contributed by atoms with Gasteiger partial charge in [-0.05, 0) is 12.3 Å². The molecule has 0 saturated carbocycles. The topological polar surface area (TPSA) is 107 Å². The predicted molar refractivity (Wildman–Crippen MR) is 95.8 cm³/mol. The van der Waals surface area contributed by atoms with Gasteiger partial charge in [0.25, 0.3) is 0 Å². The van der Waals surface area contributed by atoms with Gasteiger partial charge in [0.05, 0.1) is 12.0 Å². The van der Waals surface area contributed by atoms with Crippen LogP contribution in [0.5, 0.6) is 0 Å². The van der Waals surface area contributed by atoms with Gasteiger partial charge in [0.1, 0.15) is 6.04 Å². The molecular formula is C15H26Cl2N4O3. The number of rotatable bonds is 6. The molecule has 1 saturated heterocycles. The van der Waals surface area contributed by atoms with Gasteiger partial charge in [-0.25, -0.2) is 4.98 Å². The number of nitrogens with zero attached hydrogens (tertiary/aromatic N) is 1. The Balaban J connectivity index is 0.00000264. The van der Waals surface area contributed by atoms with E-state index in [0.29, 0.717) is 6.42 Å². The van der Waals surface area contributed by atoms with Gasteiger partial charge in [-0.1, -0.05) is 20.3 Å². The average molecular weight is 381 g/mol. The van der Waals surface area contributed by atoms with Crippen LogP contribution in [0.25, 0.3) is 0 Å². The minimum absolute atomic E-state index is 0. The molecule has 1 aliphatic heterocycles. The number of carboxylic acid groups (broad SMARTS) is 1. The number of aromatic amines is 1. The molecule has 7 nitrogen and oxygen atoms in total. The van der Waals surface area contributed by atoms with Gasteiger partial charge in [0, 0.05) is 31.1 Å². The van der Waals surface area contributed by atoms with Crippen LogP contribution in [0, 0.1) is 5.92 Å². The van der Waals surface area contributed by atoms with Gasteiger partial charge in [-0.3, -0.25) is 14.9 Å². The molecule has 1 aromatic heterocycles. The third-order valence-corrected chi connectivity index (χ3v) is 4.53. The van der Waals surface area contributed by atoms with Crippen molar-refractivity contribution in [2.45, 2.75) is 57.7 Å². The molecule has 24 heavy (non-hydrogen) atoms. The fraction of sp³-hybridized carbons (Fsp3) is 0.667. The minimum Gasteiger partial charge on any atom is -0.480 e. The van der Waals surface area contributed by atoms with E-state index in [2.05, 4.69) is 34.4 Å². The fourth-order valence-electron chi connectivity index (χ4n) is 3.20. The maximum absolute atomic E-state index is 11.6. The van der Waals surface area contributed by atoms with Crippen LogP contribution in [-0.2, 0) is 9.59 Å². The first kappa shape index (κ1) is 22.7. The number of imidazole rings is 1. The van der Waals surface area contributed by atoms with E-state index in [0.717, 1.165) is 12.1 Å². The fourth-order valence-corrected chi connectivity index (χ4v) is 3.20. The lowest BCUT2D eigenvalue weighted by atomic mass is 9.84. The van der Waals surface area contributed by atoms with E-state index >= 15 is 0 Å². The number of aliphatic carboxylic acids is 1. The molecule has 4 N–H and O–H groups in total. The molecule has 0 aliphatic carbocycles. The molecule has 0 spiro atoms. The molecule has 5 atom stereocenters. The molecule has 138 valence electrons. The van der Waals surface area contributed by atoms with Crippen molar-refractivity contribution in [1.82, 2.24) is 20.6 Å². The third kappa shape index (κ3) is 5.09. The normalized spacial score (nSPS) is 25.0. The van der Waals surface area contributed by atoms with Crippen molar-refractivity contribution in [3.8, 4) is 0 Å². The number of H-pyrrole nitrogens is 1. The second-order valence-corrected chi connectivity index (χ2v) is 6.03. The molecule has 1 aliphatic rings. The van der Waals surface area contributed by atoms with Gasteiger partial charge in [-0.2, -0.15) is 0 Å². The van der Waals surface area contributed by atoms with Gasteiger partial charge in [0.15, 0.2) is 0 Å². The SMILES string of the molecule is CCC(C)[C@H](NC(C)=O)[C@@H]1N[C@@H](C(=O)O)C[C@H]1c1c[nH]cn1.Cl.Cl. The van der Waals surface area contributed by atoms with Crippen LogP contribution < -0.4 is 10.6 Å². The highest BCUT2D eigenvalue weighted by atomic mass is 35.5. The highest BCUT2D eigenvalue weighted by Gasteiger charge is 2.44. The minimum atomic E-state index is -0.867. The first-order valence-electron chi connectivity index (χ1n) is 7.68. The maximum atomic E-state index is 11.6. The van der Waals surface area contributed by atoms with Crippen LogP contribution >= 0.6 is 24.8 Å². The smallest absolute Gasteiger partial charge is 0.320 e. The maximum Gasteiger partial charge on any atom is 0.320 e. The van der Waals surface area contributed by atoms with E-state index in [1.165, 1.54) is 6.92 Å². The van der Waals surface area contributed by atoms with E-state index < -0.39 is 12.0 Å². The number of hydrogen-bond donors (Lipinski definition) is 4. The quantitative estimate of drug-likeness (QED) is 0.600. The number of halogens is 2. The Morgan fingerprint density at radius 1 is 1.46 bits per heavy atom. The second-order valence-electron chi connectivity index (χ2n) is 6.03. The summed E-state index contributed by atoms with van der Waals surface area (Å²) < 4.78 is 0. The lowest BCUT2D eigenvalue weighted by molar-refractivity contribution is -0.139. The van der Waals surface area contributed by atoms with Crippen LogP contribution in [0.1, 0.15) is 45.2 Å². The molecule has 2 heterocycles. The number of carboxylic acids is 1. The van der Waals surface area contributed by atoms with Crippen molar-refractivity contribution in [1.29, 1.82) is 0 Å². The Labute approximate surface area is 154 Å². The van der Waals surface area contributed by atoms with Crippen molar-refractivity contribution >= 4 is 36.7 Å². The first-order chi connectivity index (χ1) is 10.4. The van der Waals surface area contributed by atoms with Crippen molar-refractivity contribution in [3.63, 3.8) is 0 Å². The average Bonchev–Trinajstić information content (AvgIpc) is 3.11. The largest absolute Gasteiger partial charge is 0.480 e. The Morgan fingerprint density at radius 2 is 2.12 bits per heavy atom. The predicted octanol–water partition coefficient (Wildman–Crippen LogP) is 1.70. The number of nitrogens with one attached hydrogen (secondary N) is 3. The molecule has 1 unspecified atom stereocenters. The van der Waals surface area contributed by atoms with Crippen molar-refractivity contribution in [3.05, 3.63) is 18.2 Å². The van der Waals surface area contributed by atoms with E-state index in [1.54, 1.807) is 12.5 Å². The molecule has 9 heteroatoms. The van der Waals surface area contributed by atoms with Gasteiger partial charge < -0.3 is 15.4 Å². The van der Waals surface area contributed by atoms with Gasteiger partial charge in [0.2, 0.25) is 5.91 Å². The molecule has 1 aromatic rings. The van der Waals surface area contributed by atoms with Crippen molar-refractivity contribution in [2.24, 2.45) is 5.92 Å². The summed E-state index contributed by atoms with van der Waals surface area (Å²) in [5, 5.41) is 15.5. The summed E-state index contributed by atoms with van der Waals surface area (Å²) in [4.78, 5) is 30.1. The van der Waals surface area contributed by atoms with Crippen LogP contribution in [0.3, 0.4) is 0 Å². The molecule has 0 aromatic carbocycles. The number of hydrogen-bond acceptors (Lipinski definition) is 4. The molecule has 1 amide bonds. The number of carbonyl (C=O) groups excluding carboxylic acids is 1. The van der Waals surface area contributed by atoms with E-state index in [9.17, 15) is 14.7 Å². The van der Waals surface area contributed by atoms with E-state index in [-0.39, 0.29) is 54.6 Å². The molecule has 0 bridgehead atoms. The first-order valence-corrected chi connectivity index (χ1v) is 7.68. The van der Waals surface area contributed by atoms with Crippen LogP contribution in [0.15, 0.2) is 12.5 Å². The Kier molecular flexibility index (Phi) is 9.32. The summed E-state index contributed by atoms with van der Waals surface area (Å²) in [7, 11) is 0. The van der Waals surface area contributed by atoms with Crippen LogP contribution in [-0.4, -0.2) is 45.1 Å². The highest BCUT2D eigenvalue weighted by molar-refractivity contribution is 5.85. The summed E-state index contributed by atoms with van der Waals surface area (Å²) in [6, 6.07) is -0.899. The standard InChI is InChI=1S/C15H24N4O3.2ClH/c1-4-8(2)13(18-9(3)20)14-10(12-6-16-7-17-12)5-11(19-14)15(21)22;;/h6-8,10-11,13-14,19H,4-5H2,1-3H3,(H,16,17)(H,18,20)(H,21,22);2*1H/t8?,10-,11+,13-,14+;;/m0../s1. The van der Waals surface area contributed by atoms with Crippen molar-refractivity contribution < 1.29 is 14.7 Å². The van der Waals surface area contributed by atoms with Crippen molar-refractivity contribution in [2.75, 3.05) is 0 Å². The zero-order chi connectivity index (χ0) is 16.3. The molecule has 2 rings (SSSR count).